The first kappa shape index (κ1) is 12.3. The van der Waals surface area contributed by atoms with Crippen LogP contribution in [-0.4, -0.2) is 13.4 Å². The fourth-order valence-electron chi connectivity index (χ4n) is 1.88. The number of halogens is 1. The maximum absolute atomic E-state index is 13.8. The van der Waals surface area contributed by atoms with Crippen molar-refractivity contribution < 1.29 is 13.9 Å². The fourth-order valence-corrected chi connectivity index (χ4v) is 1.88. The number of carbonyl (C=O) groups excluding carboxylic acids is 1. The maximum Gasteiger partial charge on any atom is 0.150 e. The number of hydrogen-bond acceptors (Lipinski definition) is 2. The average molecular weight is 244 g/mol. The van der Waals surface area contributed by atoms with Crippen molar-refractivity contribution in [1.82, 2.24) is 0 Å². The van der Waals surface area contributed by atoms with Crippen LogP contribution in [0.25, 0.3) is 11.1 Å². The Kier molecular flexibility index (Phi) is 3.42. The van der Waals surface area contributed by atoms with Crippen LogP contribution in [0.1, 0.15) is 15.9 Å². The molecule has 18 heavy (non-hydrogen) atoms. The Hall–Kier alpha value is -2.16. The molecule has 0 aromatic heterocycles. The van der Waals surface area contributed by atoms with E-state index in [9.17, 15) is 9.18 Å². The number of carbonyl (C=O) groups is 1. The van der Waals surface area contributed by atoms with E-state index in [1.54, 1.807) is 31.4 Å². The molecule has 2 aromatic rings. The van der Waals surface area contributed by atoms with Gasteiger partial charge in [-0.1, -0.05) is 18.2 Å². The summed E-state index contributed by atoms with van der Waals surface area (Å²) in [6.07, 6.45) is 0.631. The maximum atomic E-state index is 13.8. The van der Waals surface area contributed by atoms with E-state index in [0.717, 1.165) is 16.9 Å². The lowest BCUT2D eigenvalue weighted by molar-refractivity contribution is 0.112. The van der Waals surface area contributed by atoms with Gasteiger partial charge in [-0.25, -0.2) is 4.39 Å². The first-order valence-corrected chi connectivity index (χ1v) is 5.55. The molecule has 0 saturated carbocycles. The zero-order valence-electron chi connectivity index (χ0n) is 10.2. The zero-order chi connectivity index (χ0) is 13.1. The Morgan fingerprint density at radius 2 is 1.94 bits per heavy atom. The minimum atomic E-state index is -0.399. The second kappa shape index (κ2) is 5.00. The van der Waals surface area contributed by atoms with Crippen LogP contribution in [0, 0.1) is 12.7 Å². The Morgan fingerprint density at radius 1 is 1.17 bits per heavy atom. The third-order valence-corrected chi connectivity index (χ3v) is 2.84. The molecule has 0 unspecified atom stereocenters. The summed E-state index contributed by atoms with van der Waals surface area (Å²) >= 11 is 0. The van der Waals surface area contributed by atoms with Crippen molar-refractivity contribution in [3.8, 4) is 16.9 Å². The van der Waals surface area contributed by atoms with Crippen molar-refractivity contribution in [1.29, 1.82) is 0 Å². The first-order valence-electron chi connectivity index (χ1n) is 5.55. The van der Waals surface area contributed by atoms with E-state index in [1.807, 2.05) is 13.0 Å². The molecule has 0 aliphatic rings. The van der Waals surface area contributed by atoms with Crippen molar-refractivity contribution in [2.45, 2.75) is 6.92 Å². The molecule has 2 rings (SSSR count). The number of methoxy groups -OCH3 is 1. The Morgan fingerprint density at radius 3 is 2.50 bits per heavy atom. The second-order valence-electron chi connectivity index (χ2n) is 4.04. The second-order valence-corrected chi connectivity index (χ2v) is 4.04. The SMILES string of the molecule is COc1ccc(-c2ccc(C=O)cc2F)cc1C. The van der Waals surface area contributed by atoms with Gasteiger partial charge in [-0.3, -0.25) is 4.79 Å². The van der Waals surface area contributed by atoms with Gasteiger partial charge >= 0.3 is 0 Å². The number of aryl methyl sites for hydroxylation is 1. The van der Waals surface area contributed by atoms with Crippen LogP contribution in [0.4, 0.5) is 4.39 Å². The Bertz CT molecular complexity index is 591. The van der Waals surface area contributed by atoms with Gasteiger partial charge in [-0.2, -0.15) is 0 Å². The van der Waals surface area contributed by atoms with Gasteiger partial charge in [0.05, 0.1) is 7.11 Å². The fraction of sp³-hybridized carbons (Fsp3) is 0.133. The molecule has 0 saturated heterocycles. The van der Waals surface area contributed by atoms with Gasteiger partial charge in [-0.05, 0) is 36.2 Å². The molecule has 2 aromatic carbocycles. The van der Waals surface area contributed by atoms with Crippen LogP contribution in [0.15, 0.2) is 36.4 Å². The minimum Gasteiger partial charge on any atom is -0.496 e. The summed E-state index contributed by atoms with van der Waals surface area (Å²) < 4.78 is 19.0. The van der Waals surface area contributed by atoms with Gasteiger partial charge in [0.25, 0.3) is 0 Å². The predicted octanol–water partition coefficient (Wildman–Crippen LogP) is 3.62. The molecule has 0 heterocycles. The molecule has 0 amide bonds. The van der Waals surface area contributed by atoms with Gasteiger partial charge in [0.2, 0.25) is 0 Å². The largest absolute Gasteiger partial charge is 0.496 e. The zero-order valence-corrected chi connectivity index (χ0v) is 10.2. The predicted molar refractivity (Wildman–Crippen MR) is 68.5 cm³/mol. The van der Waals surface area contributed by atoms with Gasteiger partial charge in [0.1, 0.15) is 17.9 Å². The first-order chi connectivity index (χ1) is 8.65. The number of aldehydes is 1. The van der Waals surface area contributed by atoms with Crippen LogP contribution in [-0.2, 0) is 0 Å². The summed E-state index contributed by atoms with van der Waals surface area (Å²) in [5.74, 6) is 0.368. The van der Waals surface area contributed by atoms with E-state index in [1.165, 1.54) is 6.07 Å². The van der Waals surface area contributed by atoms with Crippen LogP contribution in [0.5, 0.6) is 5.75 Å². The van der Waals surface area contributed by atoms with Crippen LogP contribution < -0.4 is 4.74 Å². The third-order valence-electron chi connectivity index (χ3n) is 2.84. The van der Waals surface area contributed by atoms with Crippen molar-refractivity contribution in [3.05, 3.63) is 53.3 Å². The lowest BCUT2D eigenvalue weighted by atomic mass is 10.0. The molecule has 2 nitrogen and oxygen atoms in total. The van der Waals surface area contributed by atoms with Crippen molar-refractivity contribution in [3.63, 3.8) is 0 Å². The molecule has 92 valence electrons. The van der Waals surface area contributed by atoms with E-state index in [4.69, 9.17) is 4.74 Å². The van der Waals surface area contributed by atoms with Crippen LogP contribution >= 0.6 is 0 Å². The summed E-state index contributed by atoms with van der Waals surface area (Å²) in [6.45, 7) is 1.90. The summed E-state index contributed by atoms with van der Waals surface area (Å²) in [7, 11) is 1.60. The summed E-state index contributed by atoms with van der Waals surface area (Å²) in [5, 5.41) is 0. The molecular weight excluding hydrogens is 231 g/mol. The normalized spacial score (nSPS) is 10.2. The molecule has 0 aliphatic heterocycles. The monoisotopic (exact) mass is 244 g/mol. The van der Waals surface area contributed by atoms with Gasteiger partial charge in [0.15, 0.2) is 0 Å². The quantitative estimate of drug-likeness (QED) is 0.771. The van der Waals surface area contributed by atoms with E-state index in [-0.39, 0.29) is 0 Å². The topological polar surface area (TPSA) is 26.3 Å². The summed E-state index contributed by atoms with van der Waals surface area (Å²) in [6, 6.07) is 9.91. The molecule has 3 heteroatoms. The smallest absolute Gasteiger partial charge is 0.150 e. The molecular formula is C15H13FO2. The number of ether oxygens (including phenoxy) is 1. The number of hydrogen-bond donors (Lipinski definition) is 0. The molecule has 0 fully saturated rings. The van der Waals surface area contributed by atoms with Crippen molar-refractivity contribution in [2.24, 2.45) is 0 Å². The molecule has 0 spiro atoms. The third kappa shape index (κ3) is 2.25. The molecule has 0 aliphatic carbocycles. The Balaban J connectivity index is 2.48. The average Bonchev–Trinajstić information content (AvgIpc) is 2.38. The van der Waals surface area contributed by atoms with Gasteiger partial charge < -0.3 is 4.74 Å². The van der Waals surface area contributed by atoms with E-state index in [0.29, 0.717) is 17.4 Å². The molecule has 0 N–H and O–H groups in total. The van der Waals surface area contributed by atoms with Crippen molar-refractivity contribution >= 4 is 6.29 Å². The van der Waals surface area contributed by atoms with Crippen LogP contribution in [0.3, 0.4) is 0 Å². The standard InChI is InChI=1S/C15H13FO2/c1-10-7-12(4-6-15(10)18-2)13-5-3-11(9-17)8-14(13)16/h3-9H,1-2H3. The highest BCUT2D eigenvalue weighted by Crippen LogP contribution is 2.28. The van der Waals surface area contributed by atoms with E-state index >= 15 is 0 Å². The van der Waals surface area contributed by atoms with E-state index in [2.05, 4.69) is 0 Å². The summed E-state index contributed by atoms with van der Waals surface area (Å²) in [4.78, 5) is 10.6. The highest BCUT2D eigenvalue weighted by atomic mass is 19.1. The minimum absolute atomic E-state index is 0.335. The van der Waals surface area contributed by atoms with Crippen molar-refractivity contribution in [2.75, 3.05) is 7.11 Å². The van der Waals surface area contributed by atoms with Gasteiger partial charge in [-0.15, -0.1) is 0 Å². The lowest BCUT2D eigenvalue weighted by Gasteiger charge is -2.08. The Labute approximate surface area is 105 Å². The summed E-state index contributed by atoms with van der Waals surface area (Å²) in [5.41, 5.74) is 2.52. The van der Waals surface area contributed by atoms with Crippen LogP contribution in [0.2, 0.25) is 0 Å². The van der Waals surface area contributed by atoms with Gasteiger partial charge in [0, 0.05) is 11.1 Å². The highest BCUT2D eigenvalue weighted by molar-refractivity contribution is 5.77. The highest BCUT2D eigenvalue weighted by Gasteiger charge is 2.08. The molecule has 0 radical (unpaired) electrons. The molecule has 0 bridgehead atoms. The molecule has 0 atom stereocenters. The lowest BCUT2D eigenvalue weighted by Crippen LogP contribution is -1.91. The number of rotatable bonds is 3. The van der Waals surface area contributed by atoms with E-state index < -0.39 is 5.82 Å². The number of benzene rings is 2.